The van der Waals surface area contributed by atoms with Crippen molar-refractivity contribution in [1.82, 2.24) is 10.6 Å². The fourth-order valence-corrected chi connectivity index (χ4v) is 5.69. The third-order valence-electron chi connectivity index (χ3n) is 8.25. The second-order valence-corrected chi connectivity index (χ2v) is 11.2. The summed E-state index contributed by atoms with van der Waals surface area (Å²) in [5.74, 6) is -2.87. The van der Waals surface area contributed by atoms with Crippen LogP contribution in [0.25, 0.3) is 0 Å². The van der Waals surface area contributed by atoms with Crippen LogP contribution in [0.4, 0.5) is 14.5 Å². The highest BCUT2D eigenvalue weighted by atomic mass is 19.1. The lowest BCUT2D eigenvalue weighted by atomic mass is 9.44. The van der Waals surface area contributed by atoms with Crippen LogP contribution < -0.4 is 15.5 Å². The number of hydrogen-bond donors (Lipinski definition) is 2. The molecule has 0 radical (unpaired) electrons. The molecule has 2 heterocycles. The molecule has 2 bridgehead atoms. The van der Waals surface area contributed by atoms with Crippen molar-refractivity contribution in [3.8, 4) is 0 Å². The summed E-state index contributed by atoms with van der Waals surface area (Å²) < 4.78 is 29.9. The number of benzene rings is 1. The molecule has 6 nitrogen and oxygen atoms in total. The highest BCUT2D eigenvalue weighted by Gasteiger charge is 2.63. The molecule has 3 amide bonds. The molecule has 5 aliphatic rings. The second-order valence-electron chi connectivity index (χ2n) is 11.2. The zero-order valence-electron chi connectivity index (χ0n) is 18.7. The van der Waals surface area contributed by atoms with Gasteiger partial charge in [-0.15, -0.1) is 0 Å². The molecule has 2 aliphatic heterocycles. The van der Waals surface area contributed by atoms with E-state index in [1.165, 1.54) is 12.1 Å². The number of carbonyl (C=O) groups excluding carboxylic acids is 3. The van der Waals surface area contributed by atoms with Gasteiger partial charge in [0, 0.05) is 36.2 Å². The zero-order valence-corrected chi connectivity index (χ0v) is 18.7. The lowest BCUT2D eigenvalue weighted by molar-refractivity contribution is -0.169. The average molecular weight is 446 g/mol. The molecular formula is C24H29F2N3O3. The van der Waals surface area contributed by atoms with Gasteiger partial charge >= 0.3 is 0 Å². The van der Waals surface area contributed by atoms with Gasteiger partial charge in [0.1, 0.15) is 11.6 Å². The van der Waals surface area contributed by atoms with E-state index in [9.17, 15) is 23.2 Å². The largest absolute Gasteiger partial charge is 0.366 e. The van der Waals surface area contributed by atoms with Gasteiger partial charge in [0.05, 0.1) is 11.5 Å². The van der Waals surface area contributed by atoms with Crippen molar-refractivity contribution < 1.29 is 23.2 Å². The van der Waals surface area contributed by atoms with Crippen LogP contribution in [-0.2, 0) is 14.4 Å². The maximum atomic E-state index is 14.9. The summed E-state index contributed by atoms with van der Waals surface area (Å²) in [7, 11) is 0. The number of imide groups is 1. The Morgan fingerprint density at radius 1 is 1.12 bits per heavy atom. The van der Waals surface area contributed by atoms with Gasteiger partial charge in [0.15, 0.2) is 0 Å². The Hall–Kier alpha value is -2.51. The summed E-state index contributed by atoms with van der Waals surface area (Å²) in [4.78, 5) is 38.3. The number of halogens is 2. The summed E-state index contributed by atoms with van der Waals surface area (Å²) in [6.45, 7) is 7.12. The molecular weight excluding hydrogens is 416 g/mol. The lowest BCUT2D eigenvalue weighted by Crippen LogP contribution is -2.78. The molecule has 32 heavy (non-hydrogen) atoms. The van der Waals surface area contributed by atoms with Gasteiger partial charge in [-0.2, -0.15) is 0 Å². The second kappa shape index (κ2) is 6.75. The molecule has 1 aromatic rings. The van der Waals surface area contributed by atoms with E-state index < -0.39 is 34.9 Å². The summed E-state index contributed by atoms with van der Waals surface area (Å²) in [6, 6.07) is 2.50. The maximum absolute atomic E-state index is 14.9. The fourth-order valence-electron chi connectivity index (χ4n) is 5.69. The van der Waals surface area contributed by atoms with Gasteiger partial charge in [-0.05, 0) is 49.1 Å². The van der Waals surface area contributed by atoms with Crippen LogP contribution in [0, 0.1) is 28.4 Å². The van der Waals surface area contributed by atoms with E-state index in [2.05, 4.69) is 31.4 Å². The van der Waals surface area contributed by atoms with Crippen molar-refractivity contribution in [3.05, 3.63) is 29.3 Å². The standard InChI is InChI=1S/C24H29F2N3O3/c1-22(2,3)24(28-21(32)23-8-13(9-23)10-23)11-29(12-24)14-6-16(25)19(17(26)7-14)15-4-5-18(30)27-20(15)31/h6-7,13,15H,4-5,8-12H2,1-3H3,(H,28,32)(H,27,30,31). The predicted molar refractivity (Wildman–Crippen MR) is 114 cm³/mol. The minimum absolute atomic E-state index is 0.0548. The SMILES string of the molecule is CC(C)(C)C1(NC(=O)C23CC(C2)C3)CN(c2cc(F)c(C3CCC(=O)NC3=O)c(F)c2)C1. The third kappa shape index (κ3) is 3.05. The molecule has 0 spiro atoms. The molecule has 5 fully saturated rings. The van der Waals surface area contributed by atoms with Gasteiger partial charge in [-0.25, -0.2) is 8.78 Å². The Labute approximate surface area is 186 Å². The molecule has 3 aliphatic carbocycles. The molecule has 1 atom stereocenters. The van der Waals surface area contributed by atoms with Crippen LogP contribution in [0.1, 0.15) is 64.4 Å². The first-order chi connectivity index (χ1) is 14.9. The minimum Gasteiger partial charge on any atom is -0.366 e. The Morgan fingerprint density at radius 3 is 2.19 bits per heavy atom. The van der Waals surface area contributed by atoms with E-state index >= 15 is 0 Å². The maximum Gasteiger partial charge on any atom is 0.234 e. The molecule has 2 N–H and O–H groups in total. The average Bonchev–Trinajstić information content (AvgIpc) is 2.54. The van der Waals surface area contributed by atoms with Gasteiger partial charge in [-0.1, -0.05) is 20.8 Å². The van der Waals surface area contributed by atoms with Gasteiger partial charge in [-0.3, -0.25) is 19.7 Å². The number of amides is 3. The van der Waals surface area contributed by atoms with E-state index in [-0.39, 0.29) is 35.1 Å². The fraction of sp³-hybridized carbons (Fsp3) is 0.625. The quantitative estimate of drug-likeness (QED) is 0.699. The number of nitrogens with zero attached hydrogens (tertiary/aromatic N) is 1. The smallest absolute Gasteiger partial charge is 0.234 e. The van der Waals surface area contributed by atoms with Gasteiger partial charge in [0.25, 0.3) is 0 Å². The van der Waals surface area contributed by atoms with Crippen molar-refractivity contribution in [2.75, 3.05) is 18.0 Å². The normalized spacial score (nSPS) is 30.6. The van der Waals surface area contributed by atoms with Gasteiger partial charge < -0.3 is 10.2 Å². The monoisotopic (exact) mass is 445 g/mol. The highest BCUT2D eigenvalue weighted by molar-refractivity contribution is 6.01. The number of carbonyl (C=O) groups is 3. The summed E-state index contributed by atoms with van der Waals surface area (Å²) in [5.41, 5.74) is -0.805. The van der Waals surface area contributed by atoms with Crippen LogP contribution in [0.5, 0.6) is 0 Å². The Balaban J connectivity index is 1.34. The highest BCUT2D eigenvalue weighted by Crippen LogP contribution is 2.64. The number of rotatable bonds is 4. The van der Waals surface area contributed by atoms with E-state index in [1.807, 2.05) is 4.90 Å². The number of piperidine rings is 1. The zero-order chi connectivity index (χ0) is 23.1. The Morgan fingerprint density at radius 2 is 1.72 bits per heavy atom. The van der Waals surface area contributed by atoms with E-state index in [4.69, 9.17) is 0 Å². The van der Waals surface area contributed by atoms with E-state index in [1.54, 1.807) is 0 Å². The predicted octanol–water partition coefficient (Wildman–Crippen LogP) is 3.01. The van der Waals surface area contributed by atoms with Crippen molar-refractivity contribution in [1.29, 1.82) is 0 Å². The molecule has 3 saturated carbocycles. The molecule has 2 saturated heterocycles. The number of anilines is 1. The van der Waals surface area contributed by atoms with E-state index in [0.717, 1.165) is 19.3 Å². The van der Waals surface area contributed by atoms with Crippen molar-refractivity contribution in [2.45, 2.75) is 64.3 Å². The van der Waals surface area contributed by atoms with Crippen LogP contribution in [0.3, 0.4) is 0 Å². The molecule has 1 aromatic carbocycles. The third-order valence-corrected chi connectivity index (χ3v) is 8.25. The molecule has 1 unspecified atom stereocenters. The topological polar surface area (TPSA) is 78.5 Å². The first-order valence-corrected chi connectivity index (χ1v) is 11.3. The number of nitrogens with one attached hydrogen (secondary N) is 2. The number of hydrogen-bond acceptors (Lipinski definition) is 4. The lowest BCUT2D eigenvalue weighted by Gasteiger charge is -2.64. The molecule has 6 rings (SSSR count). The minimum atomic E-state index is -1.01. The van der Waals surface area contributed by atoms with Crippen molar-refractivity contribution in [2.24, 2.45) is 16.7 Å². The van der Waals surface area contributed by atoms with Crippen LogP contribution in [0.15, 0.2) is 12.1 Å². The Bertz CT molecular complexity index is 986. The van der Waals surface area contributed by atoms with Crippen molar-refractivity contribution >= 4 is 23.4 Å². The first-order valence-electron chi connectivity index (χ1n) is 11.3. The van der Waals surface area contributed by atoms with Crippen molar-refractivity contribution in [3.63, 3.8) is 0 Å². The van der Waals surface area contributed by atoms with Crippen LogP contribution in [0.2, 0.25) is 0 Å². The molecule has 8 heteroatoms. The van der Waals surface area contributed by atoms with Crippen LogP contribution in [-0.4, -0.2) is 36.3 Å². The summed E-state index contributed by atoms with van der Waals surface area (Å²) >= 11 is 0. The molecule has 0 aromatic heterocycles. The first kappa shape index (κ1) is 21.3. The summed E-state index contributed by atoms with van der Waals surface area (Å²) in [6.07, 6.45) is 3.06. The molecule has 172 valence electrons. The van der Waals surface area contributed by atoms with Gasteiger partial charge in [0.2, 0.25) is 17.7 Å². The summed E-state index contributed by atoms with van der Waals surface area (Å²) in [5, 5.41) is 5.45. The van der Waals surface area contributed by atoms with E-state index in [0.29, 0.717) is 24.7 Å². The Kier molecular flexibility index (Phi) is 4.50. The van der Waals surface area contributed by atoms with Crippen LogP contribution >= 0.6 is 0 Å².